The Hall–Kier alpha value is -3.65. The van der Waals surface area contributed by atoms with E-state index in [1.54, 1.807) is 6.08 Å². The SMILES string of the molecule is Cc1ccc(N2N=C(C(=O)NN3CCCCC3)CC2c2cccc(NC/C=C/C(=O)O)c2)c(C)c1. The van der Waals surface area contributed by atoms with Crippen LogP contribution in [0, 0.1) is 13.8 Å². The van der Waals surface area contributed by atoms with Crippen molar-refractivity contribution in [1.82, 2.24) is 10.4 Å². The van der Waals surface area contributed by atoms with Crippen LogP contribution in [0.15, 0.2) is 59.7 Å². The molecule has 184 valence electrons. The number of aliphatic carboxylic acids is 1. The second-order valence-corrected chi connectivity index (χ2v) is 9.14. The van der Waals surface area contributed by atoms with Crippen LogP contribution in [0.25, 0.3) is 0 Å². The number of carboxylic acids is 1. The van der Waals surface area contributed by atoms with Gasteiger partial charge in [-0.1, -0.05) is 42.3 Å². The van der Waals surface area contributed by atoms with Crippen molar-refractivity contribution >= 4 is 29.0 Å². The maximum absolute atomic E-state index is 13.1. The van der Waals surface area contributed by atoms with Gasteiger partial charge in [0.25, 0.3) is 5.91 Å². The molecule has 8 nitrogen and oxygen atoms in total. The van der Waals surface area contributed by atoms with Gasteiger partial charge in [0.2, 0.25) is 0 Å². The molecule has 4 rings (SSSR count). The van der Waals surface area contributed by atoms with Crippen LogP contribution in [-0.2, 0) is 9.59 Å². The zero-order chi connectivity index (χ0) is 24.8. The van der Waals surface area contributed by atoms with E-state index < -0.39 is 5.97 Å². The predicted molar refractivity (Wildman–Crippen MR) is 138 cm³/mol. The van der Waals surface area contributed by atoms with Crippen LogP contribution in [0.3, 0.4) is 0 Å². The quantitative estimate of drug-likeness (QED) is 0.496. The molecule has 0 aromatic heterocycles. The van der Waals surface area contributed by atoms with E-state index in [0.717, 1.165) is 54.5 Å². The number of amides is 1. The van der Waals surface area contributed by atoms with Gasteiger partial charge in [0.15, 0.2) is 0 Å². The van der Waals surface area contributed by atoms with Crippen molar-refractivity contribution in [3.8, 4) is 0 Å². The summed E-state index contributed by atoms with van der Waals surface area (Å²) in [6.45, 7) is 6.27. The second kappa shape index (κ2) is 11.2. The van der Waals surface area contributed by atoms with Crippen molar-refractivity contribution in [3.63, 3.8) is 0 Å². The van der Waals surface area contributed by atoms with Crippen LogP contribution in [0.2, 0.25) is 0 Å². The number of carboxylic acid groups (broad SMARTS) is 1. The van der Waals surface area contributed by atoms with E-state index in [-0.39, 0.29) is 11.9 Å². The molecule has 2 aromatic rings. The summed E-state index contributed by atoms with van der Waals surface area (Å²) >= 11 is 0. The molecule has 1 atom stereocenters. The number of rotatable bonds is 8. The number of nitrogens with zero attached hydrogens (tertiary/aromatic N) is 3. The summed E-state index contributed by atoms with van der Waals surface area (Å²) in [5.74, 6) is -1.11. The Bertz CT molecular complexity index is 1140. The van der Waals surface area contributed by atoms with Gasteiger partial charge in [-0.15, -0.1) is 0 Å². The number of carbonyl (C=O) groups is 2. The van der Waals surface area contributed by atoms with E-state index in [2.05, 4.69) is 42.8 Å². The number of anilines is 2. The Labute approximate surface area is 206 Å². The first-order valence-electron chi connectivity index (χ1n) is 12.1. The van der Waals surface area contributed by atoms with Crippen molar-refractivity contribution in [1.29, 1.82) is 0 Å². The van der Waals surface area contributed by atoms with E-state index in [1.165, 1.54) is 12.0 Å². The lowest BCUT2D eigenvalue weighted by Crippen LogP contribution is -2.47. The molecule has 0 spiro atoms. The number of benzene rings is 2. The molecule has 0 radical (unpaired) electrons. The van der Waals surface area contributed by atoms with E-state index in [9.17, 15) is 9.59 Å². The molecule has 1 fully saturated rings. The van der Waals surface area contributed by atoms with Crippen molar-refractivity contribution in [3.05, 3.63) is 71.3 Å². The molecular formula is C27H33N5O3. The predicted octanol–water partition coefficient (Wildman–Crippen LogP) is 4.18. The first-order chi connectivity index (χ1) is 16.9. The molecule has 2 aliphatic rings. The largest absolute Gasteiger partial charge is 0.478 e. The van der Waals surface area contributed by atoms with Crippen LogP contribution in [0.1, 0.15) is 48.4 Å². The Balaban J connectivity index is 1.58. The van der Waals surface area contributed by atoms with E-state index in [4.69, 9.17) is 10.2 Å². The number of nitrogens with one attached hydrogen (secondary N) is 2. The molecule has 1 saturated heterocycles. The van der Waals surface area contributed by atoms with Gasteiger partial charge in [0.1, 0.15) is 5.71 Å². The van der Waals surface area contributed by atoms with Gasteiger partial charge in [-0.3, -0.25) is 15.2 Å². The minimum Gasteiger partial charge on any atom is -0.478 e. The van der Waals surface area contributed by atoms with Gasteiger partial charge in [-0.05, 0) is 56.0 Å². The lowest BCUT2D eigenvalue weighted by atomic mass is 9.99. The summed E-state index contributed by atoms with van der Waals surface area (Å²) in [6.07, 6.45) is 6.56. The van der Waals surface area contributed by atoms with Gasteiger partial charge in [0, 0.05) is 37.8 Å². The molecule has 0 saturated carbocycles. The number of hydrogen-bond donors (Lipinski definition) is 3. The number of hydrazone groups is 1. The molecule has 1 amide bonds. The topological polar surface area (TPSA) is 97.3 Å². The third kappa shape index (κ3) is 6.27. The highest BCUT2D eigenvalue weighted by atomic mass is 16.4. The van der Waals surface area contributed by atoms with Gasteiger partial charge in [0.05, 0.1) is 11.7 Å². The minimum atomic E-state index is -0.969. The molecule has 2 aliphatic heterocycles. The Morgan fingerprint density at radius 3 is 2.66 bits per heavy atom. The van der Waals surface area contributed by atoms with Gasteiger partial charge < -0.3 is 10.4 Å². The third-order valence-corrected chi connectivity index (χ3v) is 6.34. The molecular weight excluding hydrogens is 442 g/mol. The summed E-state index contributed by atoms with van der Waals surface area (Å²) in [5, 5.41) is 20.8. The monoisotopic (exact) mass is 475 g/mol. The summed E-state index contributed by atoms with van der Waals surface area (Å²) in [7, 11) is 0. The van der Waals surface area contributed by atoms with Crippen molar-refractivity contribution in [2.24, 2.45) is 5.10 Å². The smallest absolute Gasteiger partial charge is 0.328 e. The fourth-order valence-electron chi connectivity index (χ4n) is 4.60. The Morgan fingerprint density at radius 2 is 1.91 bits per heavy atom. The fraction of sp³-hybridized carbons (Fsp3) is 0.370. The summed E-state index contributed by atoms with van der Waals surface area (Å²) in [6, 6.07) is 14.1. The lowest BCUT2D eigenvalue weighted by molar-refractivity contribution is -0.131. The standard InChI is InChI=1S/C27H33N5O3/c1-19-11-12-24(20(2)16-19)32-25(18-23(29-32)27(35)30-31-14-4-3-5-15-31)21-8-6-9-22(17-21)28-13-7-10-26(33)34/h6-12,16-17,25,28H,3-5,13-15,18H2,1-2H3,(H,30,35)(H,33,34)/b10-7+. The van der Waals surface area contributed by atoms with Crippen LogP contribution < -0.4 is 15.8 Å². The molecule has 2 heterocycles. The number of piperidine rings is 1. The van der Waals surface area contributed by atoms with Gasteiger partial charge in [-0.2, -0.15) is 5.10 Å². The van der Waals surface area contributed by atoms with Crippen LogP contribution in [0.5, 0.6) is 0 Å². The van der Waals surface area contributed by atoms with Crippen molar-refractivity contribution in [2.75, 3.05) is 30.0 Å². The van der Waals surface area contributed by atoms with E-state index >= 15 is 0 Å². The molecule has 1 unspecified atom stereocenters. The third-order valence-electron chi connectivity index (χ3n) is 6.34. The average molecular weight is 476 g/mol. The van der Waals surface area contributed by atoms with Crippen molar-refractivity contribution < 1.29 is 14.7 Å². The highest BCUT2D eigenvalue weighted by Gasteiger charge is 2.34. The molecule has 0 aliphatic carbocycles. The molecule has 2 aromatic carbocycles. The number of carbonyl (C=O) groups excluding carboxylic acids is 1. The molecule has 0 bridgehead atoms. The van der Waals surface area contributed by atoms with Crippen LogP contribution >= 0.6 is 0 Å². The number of hydrazine groups is 1. The van der Waals surface area contributed by atoms with E-state index in [1.807, 2.05) is 34.3 Å². The number of aryl methyl sites for hydroxylation is 2. The first-order valence-corrected chi connectivity index (χ1v) is 12.1. The molecule has 8 heteroatoms. The summed E-state index contributed by atoms with van der Waals surface area (Å²) < 4.78 is 0. The van der Waals surface area contributed by atoms with Gasteiger partial charge >= 0.3 is 5.97 Å². The average Bonchev–Trinajstić information content (AvgIpc) is 3.28. The zero-order valence-corrected chi connectivity index (χ0v) is 20.3. The maximum atomic E-state index is 13.1. The van der Waals surface area contributed by atoms with Crippen LogP contribution in [-0.4, -0.2) is 47.3 Å². The summed E-state index contributed by atoms with van der Waals surface area (Å²) in [5.41, 5.74) is 8.73. The van der Waals surface area contributed by atoms with E-state index in [0.29, 0.717) is 18.7 Å². The normalized spacial score (nSPS) is 18.5. The zero-order valence-electron chi connectivity index (χ0n) is 20.3. The van der Waals surface area contributed by atoms with Gasteiger partial charge in [-0.25, -0.2) is 9.80 Å². The lowest BCUT2D eigenvalue weighted by Gasteiger charge is -2.26. The Kier molecular flexibility index (Phi) is 7.82. The highest BCUT2D eigenvalue weighted by molar-refractivity contribution is 6.39. The molecule has 35 heavy (non-hydrogen) atoms. The number of hydrogen-bond acceptors (Lipinski definition) is 6. The van der Waals surface area contributed by atoms with Crippen LogP contribution in [0.4, 0.5) is 11.4 Å². The minimum absolute atomic E-state index is 0.130. The fourth-order valence-corrected chi connectivity index (χ4v) is 4.60. The molecule has 3 N–H and O–H groups in total. The van der Waals surface area contributed by atoms with Crippen molar-refractivity contribution in [2.45, 2.75) is 45.6 Å². The maximum Gasteiger partial charge on any atom is 0.328 e. The first kappa shape index (κ1) is 24.5. The highest BCUT2D eigenvalue weighted by Crippen LogP contribution is 2.37. The second-order valence-electron chi connectivity index (χ2n) is 9.14. The summed E-state index contributed by atoms with van der Waals surface area (Å²) in [4.78, 5) is 23.8. The Morgan fingerprint density at radius 1 is 1.11 bits per heavy atom.